The number of rotatable bonds is 2. The third kappa shape index (κ3) is 2.61. The molecular formula is C14H13ClFN3S. The van der Waals surface area contributed by atoms with Crippen LogP contribution in [0.5, 0.6) is 0 Å². The van der Waals surface area contributed by atoms with E-state index < -0.39 is 0 Å². The van der Waals surface area contributed by atoms with Crippen molar-refractivity contribution in [2.24, 2.45) is 0 Å². The van der Waals surface area contributed by atoms with Crippen LogP contribution in [0.15, 0.2) is 18.2 Å². The fraction of sp³-hybridized carbons (Fsp3) is 0.286. The zero-order valence-corrected chi connectivity index (χ0v) is 12.2. The van der Waals surface area contributed by atoms with Crippen molar-refractivity contribution >= 4 is 23.8 Å². The lowest BCUT2D eigenvalue weighted by molar-refractivity contribution is 0.605. The summed E-state index contributed by atoms with van der Waals surface area (Å²) >= 11 is 11.4. The van der Waals surface area contributed by atoms with Crippen LogP contribution in [-0.2, 0) is 19.4 Å². The molecule has 1 aromatic heterocycles. The van der Waals surface area contributed by atoms with E-state index in [-0.39, 0.29) is 5.82 Å². The highest BCUT2D eigenvalue weighted by molar-refractivity contribution is 7.71. The van der Waals surface area contributed by atoms with Gasteiger partial charge >= 0.3 is 0 Å². The van der Waals surface area contributed by atoms with Crippen molar-refractivity contribution in [3.63, 3.8) is 0 Å². The maximum absolute atomic E-state index is 13.8. The third-order valence-corrected chi connectivity index (χ3v) is 4.11. The van der Waals surface area contributed by atoms with Gasteiger partial charge in [-0.1, -0.05) is 29.9 Å². The largest absolute Gasteiger partial charge is 0.346 e. The number of nitrogens with one attached hydrogen (secondary N) is 2. The third-order valence-electron chi connectivity index (χ3n) is 3.41. The van der Waals surface area contributed by atoms with Crippen LogP contribution < -0.4 is 5.32 Å². The minimum absolute atomic E-state index is 0.315. The first-order chi connectivity index (χ1) is 9.65. The Bertz CT molecular complexity index is 694. The van der Waals surface area contributed by atoms with Gasteiger partial charge in [-0.25, -0.2) is 9.37 Å². The predicted molar refractivity (Wildman–Crippen MR) is 79.0 cm³/mol. The quantitative estimate of drug-likeness (QED) is 0.837. The van der Waals surface area contributed by atoms with Gasteiger partial charge in [-0.2, -0.15) is 0 Å². The SMILES string of the molecule is Fc1cccc(Cl)c1Cc1nc(=S)c2c([nH]1)CCNC2. The number of benzene rings is 1. The van der Waals surface area contributed by atoms with E-state index in [2.05, 4.69) is 15.3 Å². The van der Waals surface area contributed by atoms with E-state index in [1.54, 1.807) is 12.1 Å². The molecule has 0 amide bonds. The molecule has 1 aromatic carbocycles. The number of aromatic amines is 1. The van der Waals surface area contributed by atoms with Gasteiger partial charge in [0.2, 0.25) is 0 Å². The first kappa shape index (κ1) is 13.7. The minimum atomic E-state index is -0.321. The topological polar surface area (TPSA) is 40.7 Å². The number of fused-ring (bicyclic) bond motifs is 1. The molecule has 0 bridgehead atoms. The molecule has 0 unspecified atom stereocenters. The summed E-state index contributed by atoms with van der Waals surface area (Å²) in [6.45, 7) is 1.64. The van der Waals surface area contributed by atoms with Crippen molar-refractivity contribution in [3.05, 3.63) is 56.3 Å². The number of nitrogens with zero attached hydrogens (tertiary/aromatic N) is 1. The number of hydrogen-bond acceptors (Lipinski definition) is 3. The molecule has 0 radical (unpaired) electrons. The van der Waals surface area contributed by atoms with Crippen LogP contribution in [0.25, 0.3) is 0 Å². The van der Waals surface area contributed by atoms with Crippen molar-refractivity contribution in [3.8, 4) is 0 Å². The van der Waals surface area contributed by atoms with E-state index in [9.17, 15) is 4.39 Å². The van der Waals surface area contributed by atoms with Gasteiger partial charge in [0.1, 0.15) is 16.3 Å². The van der Waals surface area contributed by atoms with Gasteiger partial charge in [0.15, 0.2) is 0 Å². The van der Waals surface area contributed by atoms with Crippen LogP contribution in [0.3, 0.4) is 0 Å². The second-order valence-electron chi connectivity index (χ2n) is 4.75. The summed E-state index contributed by atoms with van der Waals surface area (Å²) in [5, 5.41) is 3.67. The Morgan fingerprint density at radius 2 is 2.25 bits per heavy atom. The molecule has 0 atom stereocenters. The highest BCUT2D eigenvalue weighted by Gasteiger charge is 2.15. The van der Waals surface area contributed by atoms with Gasteiger partial charge in [0.05, 0.1) is 0 Å². The van der Waals surface area contributed by atoms with Crippen LogP contribution in [-0.4, -0.2) is 16.5 Å². The Kier molecular flexibility index (Phi) is 3.83. The molecule has 0 saturated heterocycles. The van der Waals surface area contributed by atoms with Gasteiger partial charge in [-0.05, 0) is 12.1 Å². The summed E-state index contributed by atoms with van der Waals surface area (Å²) in [5.74, 6) is 0.334. The molecule has 6 heteroatoms. The summed E-state index contributed by atoms with van der Waals surface area (Å²) in [4.78, 5) is 7.62. The van der Waals surface area contributed by atoms with Crippen molar-refractivity contribution < 1.29 is 4.39 Å². The van der Waals surface area contributed by atoms with E-state index in [0.717, 1.165) is 30.8 Å². The summed E-state index contributed by atoms with van der Waals surface area (Å²) in [5.41, 5.74) is 2.57. The van der Waals surface area contributed by atoms with Gasteiger partial charge < -0.3 is 10.3 Å². The van der Waals surface area contributed by atoms with Crippen LogP contribution in [0.1, 0.15) is 22.6 Å². The van der Waals surface area contributed by atoms with Crippen molar-refractivity contribution in [2.75, 3.05) is 6.54 Å². The second-order valence-corrected chi connectivity index (χ2v) is 5.54. The maximum Gasteiger partial charge on any atom is 0.134 e. The molecule has 20 heavy (non-hydrogen) atoms. The minimum Gasteiger partial charge on any atom is -0.346 e. The Hall–Kier alpha value is -1.30. The molecule has 0 aliphatic carbocycles. The Morgan fingerprint density at radius 1 is 1.40 bits per heavy atom. The molecule has 2 N–H and O–H groups in total. The molecule has 0 saturated carbocycles. The summed E-state index contributed by atoms with van der Waals surface area (Å²) in [7, 11) is 0. The fourth-order valence-electron chi connectivity index (χ4n) is 2.37. The molecule has 1 aliphatic heterocycles. The Morgan fingerprint density at radius 3 is 3.05 bits per heavy atom. The molecule has 1 aliphatic rings. The van der Waals surface area contributed by atoms with Gasteiger partial charge in [-0.15, -0.1) is 0 Å². The Balaban J connectivity index is 2.00. The first-order valence-electron chi connectivity index (χ1n) is 6.39. The van der Waals surface area contributed by atoms with E-state index in [4.69, 9.17) is 23.8 Å². The van der Waals surface area contributed by atoms with Crippen molar-refractivity contribution in [1.29, 1.82) is 0 Å². The lowest BCUT2D eigenvalue weighted by Crippen LogP contribution is -2.26. The van der Waals surface area contributed by atoms with Crippen LogP contribution in [0.2, 0.25) is 5.02 Å². The first-order valence-corrected chi connectivity index (χ1v) is 7.18. The smallest absolute Gasteiger partial charge is 0.134 e. The van der Waals surface area contributed by atoms with Crippen molar-refractivity contribution in [2.45, 2.75) is 19.4 Å². The molecule has 104 valence electrons. The lowest BCUT2D eigenvalue weighted by Gasteiger charge is -2.18. The van der Waals surface area contributed by atoms with Crippen molar-refractivity contribution in [1.82, 2.24) is 15.3 Å². The lowest BCUT2D eigenvalue weighted by atomic mass is 10.1. The van der Waals surface area contributed by atoms with E-state index >= 15 is 0 Å². The summed E-state index contributed by atoms with van der Waals surface area (Å²) in [6.07, 6.45) is 1.19. The standard InChI is InChI=1S/C14H13ClFN3S/c15-10-2-1-3-11(16)8(10)6-13-18-12-4-5-17-7-9(12)14(20)19-13/h1-3,17H,4-7H2,(H,18,19,20). The van der Waals surface area contributed by atoms with Gasteiger partial charge in [-0.3, -0.25) is 0 Å². The number of aromatic nitrogens is 2. The number of hydrogen-bond donors (Lipinski definition) is 2. The maximum atomic E-state index is 13.8. The summed E-state index contributed by atoms with van der Waals surface area (Å²) < 4.78 is 14.4. The highest BCUT2D eigenvalue weighted by atomic mass is 35.5. The van der Waals surface area contributed by atoms with Gasteiger partial charge in [0.25, 0.3) is 0 Å². The highest BCUT2D eigenvalue weighted by Crippen LogP contribution is 2.22. The molecule has 0 fully saturated rings. The van der Waals surface area contributed by atoms with E-state index in [1.807, 2.05) is 0 Å². The number of halogens is 2. The molecule has 3 nitrogen and oxygen atoms in total. The molecule has 2 aromatic rings. The molecule has 2 heterocycles. The average molecular weight is 310 g/mol. The average Bonchev–Trinajstić information content (AvgIpc) is 2.43. The zero-order chi connectivity index (χ0) is 14.1. The zero-order valence-electron chi connectivity index (χ0n) is 10.7. The second kappa shape index (κ2) is 5.60. The predicted octanol–water partition coefficient (Wildman–Crippen LogP) is 3.17. The van der Waals surface area contributed by atoms with Crippen LogP contribution >= 0.6 is 23.8 Å². The van der Waals surface area contributed by atoms with E-state index in [0.29, 0.717) is 27.5 Å². The molecule has 0 spiro atoms. The van der Waals surface area contributed by atoms with Crippen LogP contribution in [0, 0.1) is 10.5 Å². The van der Waals surface area contributed by atoms with E-state index in [1.165, 1.54) is 6.07 Å². The monoisotopic (exact) mass is 309 g/mol. The fourth-order valence-corrected chi connectivity index (χ4v) is 2.91. The number of H-pyrrole nitrogens is 1. The molecular weight excluding hydrogens is 297 g/mol. The van der Waals surface area contributed by atoms with Gasteiger partial charge in [0, 0.05) is 47.8 Å². The Labute approximate surface area is 126 Å². The molecule has 3 rings (SSSR count). The normalized spacial score (nSPS) is 14.1. The summed E-state index contributed by atoms with van der Waals surface area (Å²) in [6, 6.07) is 4.67. The van der Waals surface area contributed by atoms with Crippen LogP contribution in [0.4, 0.5) is 4.39 Å².